The Balaban J connectivity index is 2.13. The summed E-state index contributed by atoms with van der Waals surface area (Å²) in [6, 6.07) is 7.47. The lowest BCUT2D eigenvalue weighted by molar-refractivity contribution is -0.173. The molecule has 0 atom stereocenters. The first-order valence-corrected chi connectivity index (χ1v) is 6.62. The van der Waals surface area contributed by atoms with Crippen molar-refractivity contribution in [1.82, 2.24) is 0 Å². The van der Waals surface area contributed by atoms with E-state index in [2.05, 4.69) is 10.1 Å². The van der Waals surface area contributed by atoms with Crippen molar-refractivity contribution in [2.45, 2.75) is 25.9 Å². The van der Waals surface area contributed by atoms with E-state index in [9.17, 15) is 13.2 Å². The van der Waals surface area contributed by atoms with E-state index >= 15 is 0 Å². The van der Waals surface area contributed by atoms with Crippen LogP contribution in [0.4, 0.5) is 18.9 Å². The predicted octanol–water partition coefficient (Wildman–Crippen LogP) is 3.86. The van der Waals surface area contributed by atoms with Crippen molar-refractivity contribution in [3.63, 3.8) is 0 Å². The highest BCUT2D eigenvalue weighted by molar-refractivity contribution is 5.46. The molecule has 0 unspecified atom stereocenters. The maximum Gasteiger partial charge on any atom is 0.411 e. The van der Waals surface area contributed by atoms with Gasteiger partial charge in [-0.15, -0.1) is 0 Å². The lowest BCUT2D eigenvalue weighted by Gasteiger charge is -2.09. The minimum absolute atomic E-state index is 0.0875. The largest absolute Gasteiger partial charge is 0.494 e. The number of nitrogens with one attached hydrogen (secondary N) is 1. The van der Waals surface area contributed by atoms with Crippen LogP contribution in [0.3, 0.4) is 0 Å². The highest BCUT2D eigenvalue weighted by atomic mass is 19.4. The molecule has 0 saturated carbocycles. The van der Waals surface area contributed by atoms with Gasteiger partial charge in [-0.25, -0.2) is 0 Å². The molecule has 0 aromatic heterocycles. The summed E-state index contributed by atoms with van der Waals surface area (Å²) < 4.78 is 45.4. The number of anilines is 1. The lowest BCUT2D eigenvalue weighted by atomic mass is 10.3. The molecule has 1 aromatic carbocycles. The van der Waals surface area contributed by atoms with Crippen molar-refractivity contribution in [3.8, 4) is 5.75 Å². The molecule has 0 fully saturated rings. The van der Waals surface area contributed by atoms with Crippen LogP contribution >= 0.6 is 0 Å². The third-order valence-electron chi connectivity index (χ3n) is 2.39. The number of alkyl halides is 3. The molecule has 0 radical (unpaired) electrons. The van der Waals surface area contributed by atoms with Gasteiger partial charge in [-0.1, -0.05) is 6.92 Å². The van der Waals surface area contributed by atoms with Crippen LogP contribution < -0.4 is 10.1 Å². The second kappa shape index (κ2) is 8.68. The van der Waals surface area contributed by atoms with E-state index in [1.165, 1.54) is 0 Å². The van der Waals surface area contributed by atoms with Gasteiger partial charge in [-0.2, -0.15) is 13.2 Å². The molecule has 1 aromatic rings. The van der Waals surface area contributed by atoms with Gasteiger partial charge in [0.25, 0.3) is 0 Å². The molecule has 0 aliphatic carbocycles. The smallest absolute Gasteiger partial charge is 0.411 e. The van der Waals surface area contributed by atoms with Gasteiger partial charge in [-0.05, 0) is 37.1 Å². The summed E-state index contributed by atoms with van der Waals surface area (Å²) in [6.45, 7) is 2.19. The Hall–Kier alpha value is -1.43. The summed E-state index contributed by atoms with van der Waals surface area (Å²) in [6.07, 6.45) is -2.77. The Morgan fingerprint density at radius 1 is 1.10 bits per heavy atom. The third kappa shape index (κ3) is 7.89. The zero-order chi connectivity index (χ0) is 14.8. The quantitative estimate of drug-likeness (QED) is 0.701. The van der Waals surface area contributed by atoms with Gasteiger partial charge < -0.3 is 14.8 Å². The van der Waals surface area contributed by atoms with Gasteiger partial charge in [-0.3, -0.25) is 0 Å². The van der Waals surface area contributed by atoms with Crippen molar-refractivity contribution in [3.05, 3.63) is 24.3 Å². The topological polar surface area (TPSA) is 30.5 Å². The van der Waals surface area contributed by atoms with Crippen LogP contribution in [0, 0.1) is 0 Å². The van der Waals surface area contributed by atoms with Crippen molar-refractivity contribution >= 4 is 5.69 Å². The second-order valence-corrected chi connectivity index (χ2v) is 4.32. The Kier molecular flexibility index (Phi) is 7.22. The SMILES string of the molecule is CCCOc1ccc(NCCCOCC(F)(F)F)cc1. The number of ether oxygens (including phenoxy) is 2. The Bertz CT molecular complexity index is 366. The number of hydrogen-bond acceptors (Lipinski definition) is 3. The molecule has 6 heteroatoms. The van der Waals surface area contributed by atoms with Crippen LogP contribution in [0.15, 0.2) is 24.3 Å². The Morgan fingerprint density at radius 3 is 2.40 bits per heavy atom. The van der Waals surface area contributed by atoms with Crippen LogP contribution in [0.5, 0.6) is 5.75 Å². The highest BCUT2D eigenvalue weighted by Gasteiger charge is 2.27. The maximum absolute atomic E-state index is 11.8. The Labute approximate surface area is 117 Å². The molecule has 0 amide bonds. The van der Waals surface area contributed by atoms with E-state index in [1.807, 2.05) is 31.2 Å². The molecule has 0 aliphatic rings. The fraction of sp³-hybridized carbons (Fsp3) is 0.571. The summed E-state index contributed by atoms with van der Waals surface area (Å²) in [5.41, 5.74) is 0.907. The number of hydrogen-bond donors (Lipinski definition) is 1. The van der Waals surface area contributed by atoms with Crippen LogP contribution in [-0.2, 0) is 4.74 Å². The molecule has 1 rings (SSSR count). The first kappa shape index (κ1) is 16.6. The highest BCUT2D eigenvalue weighted by Crippen LogP contribution is 2.16. The molecule has 0 saturated heterocycles. The van der Waals surface area contributed by atoms with Crippen molar-refractivity contribution in [2.75, 3.05) is 31.7 Å². The number of rotatable bonds is 9. The monoisotopic (exact) mass is 291 g/mol. The average molecular weight is 291 g/mol. The molecule has 0 aliphatic heterocycles. The first-order chi connectivity index (χ1) is 9.51. The van der Waals surface area contributed by atoms with Crippen LogP contribution in [0.25, 0.3) is 0 Å². The minimum atomic E-state index is -4.25. The lowest BCUT2D eigenvalue weighted by Crippen LogP contribution is -2.18. The summed E-state index contributed by atoms with van der Waals surface area (Å²) in [5, 5.41) is 3.11. The van der Waals surface area contributed by atoms with Gasteiger partial charge in [0.1, 0.15) is 12.4 Å². The van der Waals surface area contributed by atoms with Crippen LogP contribution in [0.2, 0.25) is 0 Å². The summed E-state index contributed by atoms with van der Waals surface area (Å²) in [4.78, 5) is 0. The number of benzene rings is 1. The second-order valence-electron chi connectivity index (χ2n) is 4.32. The molecule has 1 N–H and O–H groups in total. The molecule has 20 heavy (non-hydrogen) atoms. The standard InChI is InChI=1S/C14H20F3NO2/c1-2-9-20-13-6-4-12(5-7-13)18-8-3-10-19-11-14(15,16)17/h4-7,18H,2-3,8-11H2,1H3. The van der Waals surface area contributed by atoms with Gasteiger partial charge in [0.05, 0.1) is 6.61 Å². The molecule has 0 bridgehead atoms. The third-order valence-corrected chi connectivity index (χ3v) is 2.39. The van der Waals surface area contributed by atoms with Crippen LogP contribution in [0.1, 0.15) is 19.8 Å². The molecular formula is C14H20F3NO2. The van der Waals surface area contributed by atoms with Gasteiger partial charge in [0, 0.05) is 18.8 Å². The van der Waals surface area contributed by atoms with Crippen molar-refractivity contribution in [2.24, 2.45) is 0 Å². The van der Waals surface area contributed by atoms with E-state index in [1.54, 1.807) is 0 Å². The predicted molar refractivity (Wildman–Crippen MR) is 72.2 cm³/mol. The normalized spacial score (nSPS) is 11.4. The maximum atomic E-state index is 11.8. The fourth-order valence-corrected chi connectivity index (χ4v) is 1.48. The van der Waals surface area contributed by atoms with E-state index in [0.717, 1.165) is 17.9 Å². The zero-order valence-electron chi connectivity index (χ0n) is 11.5. The summed E-state index contributed by atoms with van der Waals surface area (Å²) in [7, 11) is 0. The Morgan fingerprint density at radius 2 is 1.80 bits per heavy atom. The molecule has 114 valence electrons. The fourth-order valence-electron chi connectivity index (χ4n) is 1.48. The van der Waals surface area contributed by atoms with E-state index in [-0.39, 0.29) is 6.61 Å². The minimum Gasteiger partial charge on any atom is -0.494 e. The molecule has 0 spiro atoms. The summed E-state index contributed by atoms with van der Waals surface area (Å²) in [5.74, 6) is 0.811. The van der Waals surface area contributed by atoms with E-state index < -0.39 is 12.8 Å². The molecule has 3 nitrogen and oxygen atoms in total. The summed E-state index contributed by atoms with van der Waals surface area (Å²) >= 11 is 0. The molecular weight excluding hydrogens is 271 g/mol. The van der Waals surface area contributed by atoms with E-state index in [4.69, 9.17) is 4.74 Å². The zero-order valence-corrected chi connectivity index (χ0v) is 11.5. The number of halogens is 3. The van der Waals surface area contributed by atoms with Crippen molar-refractivity contribution < 1.29 is 22.6 Å². The van der Waals surface area contributed by atoms with Crippen LogP contribution in [-0.4, -0.2) is 32.5 Å². The van der Waals surface area contributed by atoms with E-state index in [0.29, 0.717) is 19.6 Å². The van der Waals surface area contributed by atoms with Gasteiger partial charge in [0.15, 0.2) is 0 Å². The molecule has 0 heterocycles. The first-order valence-electron chi connectivity index (χ1n) is 6.62. The van der Waals surface area contributed by atoms with Gasteiger partial charge in [0.2, 0.25) is 0 Å². The average Bonchev–Trinajstić information content (AvgIpc) is 2.40. The van der Waals surface area contributed by atoms with Crippen molar-refractivity contribution in [1.29, 1.82) is 0 Å². The van der Waals surface area contributed by atoms with Gasteiger partial charge >= 0.3 is 6.18 Å².